The molecule has 3 rings (SSSR count). The largest absolute Gasteiger partial charge is 0.417 e. The summed E-state index contributed by atoms with van der Waals surface area (Å²) in [5, 5.41) is 0. The van der Waals surface area contributed by atoms with Gasteiger partial charge in [0.05, 0.1) is 11.1 Å². The van der Waals surface area contributed by atoms with E-state index in [2.05, 4.69) is 19.9 Å². The highest BCUT2D eigenvalue weighted by molar-refractivity contribution is 5.77. The van der Waals surface area contributed by atoms with E-state index in [-0.39, 0.29) is 0 Å². The number of aromatic nitrogens is 4. The third-order valence-electron chi connectivity index (χ3n) is 2.93. The van der Waals surface area contributed by atoms with Gasteiger partial charge in [-0.2, -0.15) is 13.2 Å². The molecule has 102 valence electrons. The van der Waals surface area contributed by atoms with Crippen LogP contribution in [0.15, 0.2) is 30.6 Å². The van der Waals surface area contributed by atoms with Crippen molar-refractivity contribution in [2.24, 2.45) is 0 Å². The van der Waals surface area contributed by atoms with Crippen molar-refractivity contribution in [2.45, 2.75) is 13.1 Å². The second-order valence-electron chi connectivity index (χ2n) is 4.34. The van der Waals surface area contributed by atoms with Gasteiger partial charge in [0, 0.05) is 12.4 Å². The molecular formula is C13H9F3N4. The predicted octanol–water partition coefficient (Wildman–Crippen LogP) is 3.35. The number of hydrogen-bond acceptors (Lipinski definition) is 3. The van der Waals surface area contributed by atoms with Crippen molar-refractivity contribution in [3.05, 3.63) is 41.7 Å². The molecule has 0 spiro atoms. The maximum absolute atomic E-state index is 12.5. The van der Waals surface area contributed by atoms with Crippen molar-refractivity contribution >= 4 is 11.2 Å². The quantitative estimate of drug-likeness (QED) is 0.742. The number of halogens is 3. The molecule has 0 aliphatic heterocycles. The lowest BCUT2D eigenvalue weighted by Gasteiger charge is -2.05. The van der Waals surface area contributed by atoms with Crippen LogP contribution in [0.2, 0.25) is 0 Å². The molecule has 0 radical (unpaired) electrons. The Kier molecular flexibility index (Phi) is 2.70. The fourth-order valence-corrected chi connectivity index (χ4v) is 1.86. The highest BCUT2D eigenvalue weighted by atomic mass is 19.4. The molecular weight excluding hydrogens is 269 g/mol. The first-order valence-electron chi connectivity index (χ1n) is 5.80. The highest BCUT2D eigenvalue weighted by Gasteiger charge is 2.30. The number of hydrogen-bond donors (Lipinski definition) is 1. The average Bonchev–Trinajstić information content (AvgIpc) is 2.83. The van der Waals surface area contributed by atoms with Crippen LogP contribution in [0.25, 0.3) is 22.7 Å². The molecule has 0 saturated heterocycles. The lowest BCUT2D eigenvalue weighted by atomic mass is 10.2. The lowest BCUT2D eigenvalue weighted by molar-refractivity contribution is -0.137. The van der Waals surface area contributed by atoms with Crippen LogP contribution in [0.5, 0.6) is 0 Å². The number of rotatable bonds is 1. The van der Waals surface area contributed by atoms with Gasteiger partial charge in [0.1, 0.15) is 5.69 Å². The number of imidazole rings is 1. The number of aromatic amines is 1. The maximum atomic E-state index is 12.5. The Balaban J connectivity index is 2.05. The summed E-state index contributed by atoms with van der Waals surface area (Å²) in [4.78, 5) is 15.1. The van der Waals surface area contributed by atoms with Gasteiger partial charge in [-0.15, -0.1) is 0 Å². The summed E-state index contributed by atoms with van der Waals surface area (Å²) in [6.07, 6.45) is -1.97. The molecule has 0 aliphatic carbocycles. The fraction of sp³-hybridized carbons (Fsp3) is 0.154. The molecule has 0 aliphatic rings. The first-order valence-corrected chi connectivity index (χ1v) is 5.80. The van der Waals surface area contributed by atoms with Crippen LogP contribution in [0, 0.1) is 6.92 Å². The van der Waals surface area contributed by atoms with E-state index < -0.39 is 11.7 Å². The van der Waals surface area contributed by atoms with Gasteiger partial charge in [-0.3, -0.25) is 4.98 Å². The smallest absolute Gasteiger partial charge is 0.335 e. The second-order valence-corrected chi connectivity index (χ2v) is 4.34. The van der Waals surface area contributed by atoms with Crippen LogP contribution in [0.4, 0.5) is 13.2 Å². The zero-order chi connectivity index (χ0) is 14.3. The summed E-state index contributed by atoms with van der Waals surface area (Å²) in [6.45, 7) is 1.89. The van der Waals surface area contributed by atoms with Crippen LogP contribution in [-0.2, 0) is 6.18 Å². The monoisotopic (exact) mass is 278 g/mol. The first kappa shape index (κ1) is 12.6. The Morgan fingerprint density at radius 3 is 2.50 bits per heavy atom. The third-order valence-corrected chi connectivity index (χ3v) is 2.93. The summed E-state index contributed by atoms with van der Waals surface area (Å²) in [7, 11) is 0. The standard InChI is InChI=1S/C13H9F3N4/c1-7-4-5-17-12-10(7)19-11(20-12)9-3-2-8(6-18-9)13(14,15)16/h2-6H,1H3,(H,17,19,20). The minimum Gasteiger partial charge on any atom is -0.335 e. The summed E-state index contributed by atoms with van der Waals surface area (Å²) in [5.74, 6) is 0.399. The van der Waals surface area contributed by atoms with E-state index >= 15 is 0 Å². The number of nitrogens with zero attached hydrogens (tertiary/aromatic N) is 3. The van der Waals surface area contributed by atoms with Crippen molar-refractivity contribution in [3.8, 4) is 11.5 Å². The first-order chi connectivity index (χ1) is 9.45. The molecule has 3 heterocycles. The Labute approximate surface area is 111 Å². The molecule has 7 heteroatoms. The van der Waals surface area contributed by atoms with Crippen molar-refractivity contribution < 1.29 is 13.2 Å². The van der Waals surface area contributed by atoms with Gasteiger partial charge in [0.2, 0.25) is 0 Å². The van der Waals surface area contributed by atoms with Crippen molar-refractivity contribution in [2.75, 3.05) is 0 Å². The molecule has 0 bridgehead atoms. The van der Waals surface area contributed by atoms with Crippen LogP contribution in [0.1, 0.15) is 11.1 Å². The number of nitrogens with one attached hydrogen (secondary N) is 1. The van der Waals surface area contributed by atoms with E-state index in [1.54, 1.807) is 6.20 Å². The molecule has 0 aromatic carbocycles. The van der Waals surface area contributed by atoms with Crippen molar-refractivity contribution in [1.82, 2.24) is 19.9 Å². The van der Waals surface area contributed by atoms with Crippen LogP contribution < -0.4 is 0 Å². The summed E-state index contributed by atoms with van der Waals surface area (Å²) < 4.78 is 37.4. The zero-order valence-corrected chi connectivity index (χ0v) is 10.4. The number of aryl methyl sites for hydroxylation is 1. The number of pyridine rings is 2. The van der Waals surface area contributed by atoms with Gasteiger partial charge in [-0.1, -0.05) is 0 Å². The molecule has 1 N–H and O–H groups in total. The minimum atomic E-state index is -4.39. The van der Waals surface area contributed by atoms with Crippen LogP contribution in [0.3, 0.4) is 0 Å². The van der Waals surface area contributed by atoms with Gasteiger partial charge in [0.15, 0.2) is 11.5 Å². The molecule has 0 fully saturated rings. The van der Waals surface area contributed by atoms with E-state index in [9.17, 15) is 13.2 Å². The number of alkyl halides is 3. The maximum Gasteiger partial charge on any atom is 0.417 e. The minimum absolute atomic E-state index is 0.343. The topological polar surface area (TPSA) is 54.5 Å². The predicted molar refractivity (Wildman–Crippen MR) is 66.9 cm³/mol. The number of fused-ring (bicyclic) bond motifs is 1. The van der Waals surface area contributed by atoms with Gasteiger partial charge >= 0.3 is 6.18 Å². The van der Waals surface area contributed by atoms with E-state index in [1.807, 2.05) is 13.0 Å². The van der Waals surface area contributed by atoms with E-state index in [1.165, 1.54) is 6.07 Å². The van der Waals surface area contributed by atoms with Crippen LogP contribution >= 0.6 is 0 Å². The third kappa shape index (κ3) is 2.11. The normalized spacial score (nSPS) is 12.0. The Morgan fingerprint density at radius 2 is 1.90 bits per heavy atom. The SMILES string of the molecule is Cc1ccnc2nc(-c3ccc(C(F)(F)F)cn3)[nH]c12. The molecule has 0 saturated carbocycles. The Morgan fingerprint density at radius 1 is 1.10 bits per heavy atom. The molecule has 0 unspecified atom stereocenters. The summed E-state index contributed by atoms with van der Waals surface area (Å²) >= 11 is 0. The van der Waals surface area contributed by atoms with Crippen molar-refractivity contribution in [1.29, 1.82) is 0 Å². The summed E-state index contributed by atoms with van der Waals surface area (Å²) in [6, 6.07) is 4.09. The second kappa shape index (κ2) is 4.29. The Bertz CT molecular complexity index is 759. The highest BCUT2D eigenvalue weighted by Crippen LogP contribution is 2.29. The molecule has 0 atom stereocenters. The Hall–Kier alpha value is -2.44. The molecule has 0 amide bonds. The number of H-pyrrole nitrogens is 1. The average molecular weight is 278 g/mol. The lowest BCUT2D eigenvalue weighted by Crippen LogP contribution is -2.05. The zero-order valence-electron chi connectivity index (χ0n) is 10.4. The fourth-order valence-electron chi connectivity index (χ4n) is 1.86. The van der Waals surface area contributed by atoms with Gasteiger partial charge < -0.3 is 4.98 Å². The van der Waals surface area contributed by atoms with E-state index in [0.717, 1.165) is 23.3 Å². The summed E-state index contributed by atoms with van der Waals surface area (Å²) in [5.41, 5.74) is 1.79. The molecule has 4 nitrogen and oxygen atoms in total. The van der Waals surface area contributed by atoms with Crippen molar-refractivity contribution in [3.63, 3.8) is 0 Å². The van der Waals surface area contributed by atoms with Gasteiger partial charge in [-0.05, 0) is 30.7 Å². The van der Waals surface area contributed by atoms with E-state index in [4.69, 9.17) is 0 Å². The van der Waals surface area contributed by atoms with Crippen LogP contribution in [-0.4, -0.2) is 19.9 Å². The molecule has 3 aromatic heterocycles. The van der Waals surface area contributed by atoms with Gasteiger partial charge in [0.25, 0.3) is 0 Å². The molecule has 20 heavy (non-hydrogen) atoms. The van der Waals surface area contributed by atoms with E-state index in [0.29, 0.717) is 17.2 Å². The van der Waals surface area contributed by atoms with Gasteiger partial charge in [-0.25, -0.2) is 9.97 Å². The molecule has 3 aromatic rings.